The molecule has 0 rings (SSSR count). The number of hydrogen-bond acceptors (Lipinski definition) is 2. The van der Waals surface area contributed by atoms with E-state index < -0.39 is 0 Å². The SMILES string of the molecule is C=CC=CC=C(C#N)C#N. The van der Waals surface area contributed by atoms with Crippen LogP contribution in [0.2, 0.25) is 0 Å². The van der Waals surface area contributed by atoms with Crippen molar-refractivity contribution < 1.29 is 0 Å². The molecule has 0 radical (unpaired) electrons. The van der Waals surface area contributed by atoms with E-state index in [4.69, 9.17) is 10.5 Å². The number of hydrogen-bond donors (Lipinski definition) is 0. The molecule has 2 nitrogen and oxygen atoms in total. The van der Waals surface area contributed by atoms with Crippen LogP contribution in [0.1, 0.15) is 0 Å². The zero-order valence-corrected chi connectivity index (χ0v) is 5.41. The Labute approximate surface area is 60.0 Å². The molecule has 0 saturated heterocycles. The zero-order chi connectivity index (χ0) is 7.82. The van der Waals surface area contributed by atoms with E-state index in [1.165, 1.54) is 6.08 Å². The summed E-state index contributed by atoms with van der Waals surface area (Å²) in [4.78, 5) is 0. The fourth-order valence-electron chi connectivity index (χ4n) is 0.330. The predicted molar refractivity (Wildman–Crippen MR) is 38.6 cm³/mol. The first-order valence-corrected chi connectivity index (χ1v) is 2.64. The van der Waals surface area contributed by atoms with Gasteiger partial charge in [0.2, 0.25) is 0 Å². The Bertz CT molecular complexity index is 229. The van der Waals surface area contributed by atoms with Gasteiger partial charge in [0.05, 0.1) is 0 Å². The number of nitriles is 2. The van der Waals surface area contributed by atoms with Gasteiger partial charge in [-0.3, -0.25) is 0 Å². The predicted octanol–water partition coefficient (Wildman–Crippen LogP) is 1.70. The number of nitrogens with zero attached hydrogens (tertiary/aromatic N) is 2. The molecule has 0 unspecified atom stereocenters. The highest BCUT2D eigenvalue weighted by Gasteiger charge is 1.83. The molecule has 0 fully saturated rings. The van der Waals surface area contributed by atoms with Gasteiger partial charge in [-0.05, 0) is 6.08 Å². The van der Waals surface area contributed by atoms with E-state index in [9.17, 15) is 0 Å². The van der Waals surface area contributed by atoms with Crippen molar-refractivity contribution in [3.63, 3.8) is 0 Å². The second-order valence-corrected chi connectivity index (χ2v) is 1.42. The number of allylic oxidation sites excluding steroid dienone is 5. The maximum atomic E-state index is 8.22. The lowest BCUT2D eigenvalue weighted by Crippen LogP contribution is -1.66. The molecule has 0 saturated carbocycles. The van der Waals surface area contributed by atoms with E-state index in [2.05, 4.69) is 6.58 Å². The molecule has 0 aromatic heterocycles. The van der Waals surface area contributed by atoms with Crippen molar-refractivity contribution in [1.82, 2.24) is 0 Å². The molecule has 0 N–H and O–H groups in total. The Hall–Kier alpha value is -1.80. The molecule has 0 aromatic carbocycles. The highest BCUT2D eigenvalue weighted by molar-refractivity contribution is 5.38. The summed E-state index contributed by atoms with van der Waals surface area (Å²) in [5, 5.41) is 16.4. The van der Waals surface area contributed by atoms with Crippen LogP contribution in [0.25, 0.3) is 0 Å². The first-order valence-electron chi connectivity index (χ1n) is 2.64. The van der Waals surface area contributed by atoms with Crippen LogP contribution in [0.4, 0.5) is 0 Å². The summed E-state index contributed by atoms with van der Waals surface area (Å²) in [5.41, 5.74) is 0.0955. The van der Waals surface area contributed by atoms with Crippen molar-refractivity contribution in [2.24, 2.45) is 0 Å². The van der Waals surface area contributed by atoms with Gasteiger partial charge in [0.25, 0.3) is 0 Å². The van der Waals surface area contributed by atoms with Crippen molar-refractivity contribution in [3.05, 3.63) is 36.5 Å². The average Bonchev–Trinajstić information content (AvgIpc) is 1.99. The van der Waals surface area contributed by atoms with Crippen molar-refractivity contribution >= 4 is 0 Å². The maximum absolute atomic E-state index is 8.22. The summed E-state index contributed by atoms with van der Waals surface area (Å²) >= 11 is 0. The minimum absolute atomic E-state index is 0.0955. The monoisotopic (exact) mass is 130 g/mol. The smallest absolute Gasteiger partial charge is 0.129 e. The molecule has 10 heavy (non-hydrogen) atoms. The molecule has 0 amide bonds. The third kappa shape index (κ3) is 3.23. The van der Waals surface area contributed by atoms with E-state index in [0.29, 0.717) is 0 Å². The topological polar surface area (TPSA) is 47.6 Å². The minimum Gasteiger partial charge on any atom is -0.192 e. The first kappa shape index (κ1) is 8.20. The Morgan fingerprint density at radius 2 is 1.80 bits per heavy atom. The quantitative estimate of drug-likeness (QED) is 0.422. The fourth-order valence-corrected chi connectivity index (χ4v) is 0.330. The molecule has 0 atom stereocenters. The van der Waals surface area contributed by atoms with Gasteiger partial charge in [-0.2, -0.15) is 10.5 Å². The van der Waals surface area contributed by atoms with Gasteiger partial charge in [-0.1, -0.05) is 24.8 Å². The van der Waals surface area contributed by atoms with Gasteiger partial charge in [0, 0.05) is 0 Å². The lowest BCUT2D eigenvalue weighted by Gasteiger charge is -1.73. The summed E-state index contributed by atoms with van der Waals surface area (Å²) in [5.74, 6) is 0. The van der Waals surface area contributed by atoms with Crippen molar-refractivity contribution in [1.29, 1.82) is 10.5 Å². The molecular weight excluding hydrogens is 124 g/mol. The Kier molecular flexibility index (Phi) is 4.38. The van der Waals surface area contributed by atoms with Gasteiger partial charge in [-0.15, -0.1) is 0 Å². The fraction of sp³-hybridized carbons (Fsp3) is 0. The molecule has 0 spiro atoms. The van der Waals surface area contributed by atoms with Gasteiger partial charge in [0.1, 0.15) is 17.7 Å². The van der Waals surface area contributed by atoms with Crippen molar-refractivity contribution in [2.45, 2.75) is 0 Å². The van der Waals surface area contributed by atoms with Gasteiger partial charge in [-0.25, -0.2) is 0 Å². The molecule has 0 aromatic rings. The van der Waals surface area contributed by atoms with Gasteiger partial charge >= 0.3 is 0 Å². The van der Waals surface area contributed by atoms with Crippen LogP contribution >= 0.6 is 0 Å². The largest absolute Gasteiger partial charge is 0.192 e. The average molecular weight is 130 g/mol. The van der Waals surface area contributed by atoms with E-state index in [0.717, 1.165) is 0 Å². The zero-order valence-electron chi connectivity index (χ0n) is 5.41. The molecule has 48 valence electrons. The third-order valence-corrected chi connectivity index (χ3v) is 0.751. The second kappa shape index (κ2) is 5.34. The van der Waals surface area contributed by atoms with E-state index in [1.54, 1.807) is 30.4 Å². The van der Waals surface area contributed by atoms with Crippen LogP contribution in [-0.2, 0) is 0 Å². The first-order chi connectivity index (χ1) is 4.85. The molecular formula is C8H6N2. The van der Waals surface area contributed by atoms with Crippen LogP contribution < -0.4 is 0 Å². The summed E-state index contributed by atoms with van der Waals surface area (Å²) in [6.45, 7) is 3.43. The molecule has 0 aliphatic heterocycles. The van der Waals surface area contributed by atoms with Gasteiger partial charge in [0.15, 0.2) is 0 Å². The summed E-state index contributed by atoms with van der Waals surface area (Å²) in [6, 6.07) is 3.45. The Balaban J connectivity index is 4.20. The Morgan fingerprint density at radius 3 is 2.20 bits per heavy atom. The second-order valence-electron chi connectivity index (χ2n) is 1.42. The van der Waals surface area contributed by atoms with E-state index >= 15 is 0 Å². The summed E-state index contributed by atoms with van der Waals surface area (Å²) < 4.78 is 0. The summed E-state index contributed by atoms with van der Waals surface area (Å²) in [6.07, 6.45) is 6.24. The van der Waals surface area contributed by atoms with E-state index in [-0.39, 0.29) is 5.57 Å². The standard InChI is InChI=1S/C8H6N2/c1-2-3-4-5-8(6-9)7-10/h2-5H,1H2. The van der Waals surface area contributed by atoms with Crippen LogP contribution in [0, 0.1) is 22.7 Å². The highest BCUT2D eigenvalue weighted by atomic mass is 14.3. The molecule has 0 bridgehead atoms. The summed E-state index contributed by atoms with van der Waals surface area (Å²) in [7, 11) is 0. The van der Waals surface area contributed by atoms with Crippen LogP contribution in [0.15, 0.2) is 36.5 Å². The third-order valence-electron chi connectivity index (χ3n) is 0.751. The van der Waals surface area contributed by atoms with E-state index in [1.807, 2.05) is 0 Å². The lowest BCUT2D eigenvalue weighted by molar-refractivity contribution is 1.46. The molecule has 2 heteroatoms. The molecule has 0 aliphatic rings. The van der Waals surface area contributed by atoms with Crippen LogP contribution in [-0.4, -0.2) is 0 Å². The number of rotatable bonds is 2. The molecule has 0 aliphatic carbocycles. The maximum Gasteiger partial charge on any atom is 0.129 e. The van der Waals surface area contributed by atoms with Crippen LogP contribution in [0.3, 0.4) is 0 Å². The van der Waals surface area contributed by atoms with Crippen molar-refractivity contribution in [3.8, 4) is 12.1 Å². The van der Waals surface area contributed by atoms with Crippen LogP contribution in [0.5, 0.6) is 0 Å². The van der Waals surface area contributed by atoms with Crippen molar-refractivity contribution in [2.75, 3.05) is 0 Å². The normalized spacial score (nSPS) is 7.80. The minimum atomic E-state index is 0.0955. The highest BCUT2D eigenvalue weighted by Crippen LogP contribution is 1.88. The Morgan fingerprint density at radius 1 is 1.20 bits per heavy atom. The molecule has 0 heterocycles. The van der Waals surface area contributed by atoms with Gasteiger partial charge < -0.3 is 0 Å². The lowest BCUT2D eigenvalue weighted by atomic mass is 10.3.